The van der Waals surface area contributed by atoms with E-state index in [0.29, 0.717) is 0 Å². The topological polar surface area (TPSA) is 83.6 Å². The molecule has 0 aliphatic heterocycles. The van der Waals surface area contributed by atoms with Crippen LogP contribution in [0.2, 0.25) is 0 Å². The Morgan fingerprint density at radius 3 is 2.73 bits per heavy atom. The second-order valence-corrected chi connectivity index (χ2v) is 4.17. The number of aromatic amines is 1. The zero-order valence-electron chi connectivity index (χ0n) is 8.73. The van der Waals surface area contributed by atoms with Crippen LogP contribution in [-0.4, -0.2) is 32.6 Å². The van der Waals surface area contributed by atoms with Crippen molar-refractivity contribution < 1.29 is 4.79 Å². The van der Waals surface area contributed by atoms with Gasteiger partial charge in [-0.1, -0.05) is 6.92 Å². The summed E-state index contributed by atoms with van der Waals surface area (Å²) >= 11 is 0. The molecule has 0 atom stereocenters. The lowest BCUT2D eigenvalue weighted by atomic mass is 9.87. The van der Waals surface area contributed by atoms with Crippen molar-refractivity contribution in [2.75, 3.05) is 0 Å². The molecule has 1 aliphatic carbocycles. The number of rotatable bonds is 2. The first-order valence-electron chi connectivity index (χ1n) is 5.30. The van der Waals surface area contributed by atoms with Crippen LogP contribution in [0.4, 0.5) is 0 Å². The van der Waals surface area contributed by atoms with Gasteiger partial charge in [0.25, 0.3) is 11.7 Å². The summed E-state index contributed by atoms with van der Waals surface area (Å²) in [5, 5.41) is 15.8. The fourth-order valence-electron chi connectivity index (χ4n) is 1.91. The van der Waals surface area contributed by atoms with Crippen molar-refractivity contribution in [2.45, 2.75) is 38.6 Å². The molecule has 1 amide bonds. The van der Waals surface area contributed by atoms with E-state index in [-0.39, 0.29) is 17.8 Å². The molecule has 82 valence electrons. The molecular formula is C9H15N5O. The van der Waals surface area contributed by atoms with Crippen molar-refractivity contribution in [2.24, 2.45) is 5.92 Å². The van der Waals surface area contributed by atoms with Gasteiger partial charge in [-0.2, -0.15) is 5.21 Å². The van der Waals surface area contributed by atoms with Crippen LogP contribution in [0.1, 0.15) is 43.2 Å². The smallest absolute Gasteiger partial charge is 0.293 e. The fraction of sp³-hybridized carbons (Fsp3) is 0.778. The number of carbonyl (C=O) groups excluding carboxylic acids is 1. The van der Waals surface area contributed by atoms with Crippen LogP contribution < -0.4 is 5.32 Å². The van der Waals surface area contributed by atoms with Gasteiger partial charge in [0.1, 0.15) is 0 Å². The number of H-pyrrole nitrogens is 1. The predicted octanol–water partition coefficient (Wildman–Crippen LogP) is 0.508. The molecule has 0 spiro atoms. The minimum atomic E-state index is -0.233. The van der Waals surface area contributed by atoms with Crippen molar-refractivity contribution in [1.82, 2.24) is 25.9 Å². The molecule has 1 heterocycles. The van der Waals surface area contributed by atoms with Crippen molar-refractivity contribution in [3.05, 3.63) is 5.82 Å². The molecule has 2 N–H and O–H groups in total. The van der Waals surface area contributed by atoms with Crippen LogP contribution in [-0.2, 0) is 0 Å². The molecule has 2 rings (SSSR count). The highest BCUT2D eigenvalue weighted by atomic mass is 16.2. The Kier molecular flexibility index (Phi) is 2.94. The van der Waals surface area contributed by atoms with Crippen LogP contribution in [0.15, 0.2) is 0 Å². The standard InChI is InChI=1S/C9H15N5O/c1-6-2-4-7(5-3-6)10-9(15)8-11-13-14-12-8/h6-7H,2-5H2,1H3,(H,10,15)(H,11,12,13,14). The van der Waals surface area contributed by atoms with E-state index in [1.807, 2.05) is 0 Å². The summed E-state index contributed by atoms with van der Waals surface area (Å²) in [5.41, 5.74) is 0. The number of hydrogen-bond acceptors (Lipinski definition) is 4. The third-order valence-electron chi connectivity index (χ3n) is 2.90. The SMILES string of the molecule is CC1CCC(NC(=O)c2nn[nH]n2)CC1. The molecule has 6 heteroatoms. The number of hydrogen-bond donors (Lipinski definition) is 2. The van der Waals surface area contributed by atoms with Gasteiger partial charge in [0, 0.05) is 6.04 Å². The Morgan fingerprint density at radius 1 is 1.40 bits per heavy atom. The first kappa shape index (κ1) is 10.1. The number of aromatic nitrogens is 4. The minimum absolute atomic E-state index is 0.119. The molecule has 0 saturated heterocycles. The van der Waals surface area contributed by atoms with Gasteiger partial charge in [0.05, 0.1) is 0 Å². The number of tetrazole rings is 1. The molecule has 0 bridgehead atoms. The summed E-state index contributed by atoms with van der Waals surface area (Å²) in [6, 6.07) is 0.271. The van der Waals surface area contributed by atoms with E-state index in [2.05, 4.69) is 32.9 Å². The summed E-state index contributed by atoms with van der Waals surface area (Å²) in [6.07, 6.45) is 4.45. The van der Waals surface area contributed by atoms with Gasteiger partial charge in [0.2, 0.25) is 0 Å². The Morgan fingerprint density at radius 2 is 2.13 bits per heavy atom. The maximum absolute atomic E-state index is 11.6. The highest BCUT2D eigenvalue weighted by molar-refractivity contribution is 5.90. The van der Waals surface area contributed by atoms with Crippen LogP contribution in [0.5, 0.6) is 0 Å². The number of amides is 1. The third kappa shape index (κ3) is 2.51. The zero-order valence-corrected chi connectivity index (χ0v) is 8.73. The summed E-state index contributed by atoms with van der Waals surface area (Å²) in [6.45, 7) is 2.25. The monoisotopic (exact) mass is 209 g/mol. The summed E-state index contributed by atoms with van der Waals surface area (Å²) in [4.78, 5) is 11.6. The van der Waals surface area contributed by atoms with Crippen LogP contribution in [0.25, 0.3) is 0 Å². The van der Waals surface area contributed by atoms with E-state index in [1.54, 1.807) is 0 Å². The van der Waals surface area contributed by atoms with Gasteiger partial charge in [-0.15, -0.1) is 10.2 Å². The first-order valence-corrected chi connectivity index (χ1v) is 5.30. The lowest BCUT2D eigenvalue weighted by molar-refractivity contribution is 0.0912. The first-order chi connectivity index (χ1) is 7.25. The molecule has 1 aromatic rings. The maximum atomic E-state index is 11.6. The Bertz CT molecular complexity index is 315. The third-order valence-corrected chi connectivity index (χ3v) is 2.90. The van der Waals surface area contributed by atoms with Crippen molar-refractivity contribution in [3.63, 3.8) is 0 Å². The van der Waals surface area contributed by atoms with Crippen molar-refractivity contribution in [3.8, 4) is 0 Å². The van der Waals surface area contributed by atoms with Gasteiger partial charge >= 0.3 is 0 Å². The second kappa shape index (κ2) is 4.37. The second-order valence-electron chi connectivity index (χ2n) is 4.17. The molecule has 1 saturated carbocycles. The van der Waals surface area contributed by atoms with Crippen LogP contribution >= 0.6 is 0 Å². The molecule has 1 aliphatic rings. The highest BCUT2D eigenvalue weighted by Crippen LogP contribution is 2.23. The molecule has 0 radical (unpaired) electrons. The fourth-order valence-corrected chi connectivity index (χ4v) is 1.91. The van der Waals surface area contributed by atoms with E-state index < -0.39 is 0 Å². The molecule has 6 nitrogen and oxygen atoms in total. The predicted molar refractivity (Wildman–Crippen MR) is 53.1 cm³/mol. The maximum Gasteiger partial charge on any atom is 0.293 e. The normalized spacial score (nSPS) is 26.2. The number of nitrogens with zero attached hydrogens (tertiary/aromatic N) is 3. The van der Waals surface area contributed by atoms with E-state index in [4.69, 9.17) is 0 Å². The quantitative estimate of drug-likeness (QED) is 0.743. The molecule has 1 aromatic heterocycles. The lowest BCUT2D eigenvalue weighted by Gasteiger charge is -2.26. The molecular weight excluding hydrogens is 194 g/mol. The number of nitrogens with one attached hydrogen (secondary N) is 2. The summed E-state index contributed by atoms with van der Waals surface area (Å²) in [5.74, 6) is 0.667. The van der Waals surface area contributed by atoms with Crippen LogP contribution in [0, 0.1) is 5.92 Å². The van der Waals surface area contributed by atoms with E-state index in [9.17, 15) is 4.79 Å². The molecule has 0 aromatic carbocycles. The Hall–Kier alpha value is -1.46. The van der Waals surface area contributed by atoms with E-state index >= 15 is 0 Å². The molecule has 1 fully saturated rings. The average molecular weight is 209 g/mol. The van der Waals surface area contributed by atoms with Gasteiger partial charge < -0.3 is 5.32 Å². The van der Waals surface area contributed by atoms with Gasteiger partial charge in [-0.25, -0.2) is 0 Å². The Balaban J connectivity index is 1.85. The van der Waals surface area contributed by atoms with Gasteiger partial charge in [0.15, 0.2) is 0 Å². The average Bonchev–Trinajstić information content (AvgIpc) is 2.74. The number of carbonyl (C=O) groups is 1. The van der Waals surface area contributed by atoms with Crippen molar-refractivity contribution in [1.29, 1.82) is 0 Å². The summed E-state index contributed by atoms with van der Waals surface area (Å²) in [7, 11) is 0. The van der Waals surface area contributed by atoms with Gasteiger partial charge in [-0.05, 0) is 36.8 Å². The largest absolute Gasteiger partial charge is 0.346 e. The van der Waals surface area contributed by atoms with Crippen molar-refractivity contribution >= 4 is 5.91 Å². The molecule has 15 heavy (non-hydrogen) atoms. The highest BCUT2D eigenvalue weighted by Gasteiger charge is 2.21. The summed E-state index contributed by atoms with van der Waals surface area (Å²) < 4.78 is 0. The van der Waals surface area contributed by atoms with Crippen LogP contribution in [0.3, 0.4) is 0 Å². The lowest BCUT2D eigenvalue weighted by Crippen LogP contribution is -2.37. The minimum Gasteiger partial charge on any atom is -0.346 e. The zero-order chi connectivity index (χ0) is 10.7. The van der Waals surface area contributed by atoms with Gasteiger partial charge in [-0.3, -0.25) is 4.79 Å². The van der Waals surface area contributed by atoms with E-state index in [1.165, 1.54) is 12.8 Å². The Labute approximate surface area is 87.8 Å². The molecule has 0 unspecified atom stereocenters. The van der Waals surface area contributed by atoms with E-state index in [0.717, 1.165) is 18.8 Å².